The Balaban J connectivity index is 1.52. The van der Waals surface area contributed by atoms with E-state index in [9.17, 15) is 29.4 Å². The Morgan fingerprint density at radius 1 is 0.971 bits per heavy atom. The largest absolute Gasteiger partial charge is 0.511 e. The molecule has 2 aliphatic rings. The molecule has 0 spiro atoms. The third-order valence-corrected chi connectivity index (χ3v) is 6.38. The first-order valence-corrected chi connectivity index (χ1v) is 11.5. The van der Waals surface area contributed by atoms with Crippen LogP contribution in [0.3, 0.4) is 0 Å². The summed E-state index contributed by atoms with van der Waals surface area (Å²) >= 11 is 0. The summed E-state index contributed by atoms with van der Waals surface area (Å²) in [6.45, 7) is 1.51. The Kier molecular flexibility index (Phi) is 6.91. The van der Waals surface area contributed by atoms with Gasteiger partial charge in [0.15, 0.2) is 5.78 Å². The lowest BCUT2D eigenvalue weighted by Crippen LogP contribution is -2.31. The van der Waals surface area contributed by atoms with Crippen molar-refractivity contribution < 1.29 is 29.4 Å². The lowest BCUT2D eigenvalue weighted by molar-refractivity contribution is -0.138. The number of carboxylic acid groups (broad SMARTS) is 1. The quantitative estimate of drug-likeness (QED) is 0.356. The summed E-state index contributed by atoms with van der Waals surface area (Å²) in [5.41, 5.74) is 1.97. The number of Topliss-reactive ketones (excluding diaryl/α,β-unsaturated/α-hetero) is 1. The molecule has 2 amide bonds. The second-order valence-electron chi connectivity index (χ2n) is 8.76. The molecule has 2 atom stereocenters. The van der Waals surface area contributed by atoms with Gasteiger partial charge in [0, 0.05) is 19.4 Å². The third kappa shape index (κ3) is 4.91. The monoisotopic (exact) mass is 474 g/mol. The topological polar surface area (TPSA) is 124 Å². The third-order valence-electron chi connectivity index (χ3n) is 6.38. The SMILES string of the molecule is CC(N=C1CC(c2ccccc2)CC(=O)C1=C(O)CCCN1C(=O)c2ccccc2C1=O)C(=O)O. The Morgan fingerprint density at radius 3 is 2.17 bits per heavy atom. The number of imide groups is 1. The number of ketones is 1. The number of nitrogens with zero attached hydrogens (tertiary/aromatic N) is 2. The number of hydrogen-bond donors (Lipinski definition) is 2. The van der Waals surface area contributed by atoms with E-state index in [1.54, 1.807) is 24.3 Å². The number of aliphatic hydroxyl groups excluding tert-OH is 1. The number of amides is 2. The van der Waals surface area contributed by atoms with Crippen LogP contribution in [0.1, 0.15) is 64.8 Å². The second-order valence-corrected chi connectivity index (χ2v) is 8.76. The lowest BCUT2D eigenvalue weighted by Gasteiger charge is -2.26. The Morgan fingerprint density at radius 2 is 1.57 bits per heavy atom. The summed E-state index contributed by atoms with van der Waals surface area (Å²) < 4.78 is 0. The van der Waals surface area contributed by atoms with Gasteiger partial charge in [0.25, 0.3) is 11.8 Å². The van der Waals surface area contributed by atoms with E-state index in [-0.39, 0.29) is 66.4 Å². The summed E-state index contributed by atoms with van der Waals surface area (Å²) in [4.78, 5) is 55.0. The van der Waals surface area contributed by atoms with E-state index in [4.69, 9.17) is 0 Å². The maximum absolute atomic E-state index is 13.1. The van der Waals surface area contributed by atoms with Crippen LogP contribution in [-0.4, -0.2) is 57.0 Å². The van der Waals surface area contributed by atoms with Gasteiger partial charge < -0.3 is 10.2 Å². The Hall–Kier alpha value is -4.07. The van der Waals surface area contributed by atoms with Crippen molar-refractivity contribution in [3.8, 4) is 0 Å². The van der Waals surface area contributed by atoms with Gasteiger partial charge in [-0.3, -0.25) is 24.3 Å². The first-order chi connectivity index (χ1) is 16.8. The minimum absolute atomic E-state index is 0.0466. The molecule has 4 rings (SSSR count). The minimum atomic E-state index is -1.13. The molecule has 1 saturated carbocycles. The van der Waals surface area contributed by atoms with Crippen LogP contribution in [0.5, 0.6) is 0 Å². The average Bonchev–Trinajstić information content (AvgIpc) is 3.09. The van der Waals surface area contributed by atoms with E-state index in [1.165, 1.54) is 6.92 Å². The van der Waals surface area contributed by atoms with Crippen LogP contribution in [0.15, 0.2) is 70.9 Å². The number of aliphatic hydroxyl groups is 1. The van der Waals surface area contributed by atoms with Crippen LogP contribution < -0.4 is 0 Å². The van der Waals surface area contributed by atoms with Gasteiger partial charge in [-0.15, -0.1) is 0 Å². The molecule has 0 saturated heterocycles. The van der Waals surface area contributed by atoms with E-state index >= 15 is 0 Å². The molecule has 180 valence electrons. The highest BCUT2D eigenvalue weighted by Crippen LogP contribution is 2.34. The number of allylic oxidation sites excluding steroid dienone is 2. The highest BCUT2D eigenvalue weighted by Gasteiger charge is 2.35. The van der Waals surface area contributed by atoms with Crippen molar-refractivity contribution >= 4 is 29.3 Å². The molecule has 2 aromatic rings. The van der Waals surface area contributed by atoms with E-state index in [0.29, 0.717) is 17.5 Å². The van der Waals surface area contributed by atoms with Crippen molar-refractivity contribution in [2.24, 2.45) is 4.99 Å². The number of aliphatic carboxylic acids is 1. The number of carbonyl (C=O) groups is 4. The number of hydrogen-bond acceptors (Lipinski definition) is 6. The van der Waals surface area contributed by atoms with Crippen molar-refractivity contribution in [3.63, 3.8) is 0 Å². The summed E-state index contributed by atoms with van der Waals surface area (Å²) in [6, 6.07) is 15.0. The Bertz CT molecular complexity index is 1210. The first kappa shape index (κ1) is 24.1. The predicted octanol–water partition coefficient (Wildman–Crippen LogP) is 3.94. The molecular weight excluding hydrogens is 448 g/mol. The van der Waals surface area contributed by atoms with Gasteiger partial charge in [-0.25, -0.2) is 4.79 Å². The van der Waals surface area contributed by atoms with Crippen LogP contribution in [-0.2, 0) is 9.59 Å². The zero-order valence-corrected chi connectivity index (χ0v) is 19.3. The Labute approximate surface area is 202 Å². The molecule has 2 aromatic carbocycles. The van der Waals surface area contributed by atoms with E-state index < -0.39 is 12.0 Å². The fourth-order valence-corrected chi connectivity index (χ4v) is 4.56. The summed E-state index contributed by atoms with van der Waals surface area (Å²) in [6.07, 6.45) is 0.788. The number of rotatable bonds is 7. The van der Waals surface area contributed by atoms with Gasteiger partial charge in [0.1, 0.15) is 11.8 Å². The van der Waals surface area contributed by atoms with E-state index in [2.05, 4.69) is 4.99 Å². The number of carboxylic acids is 1. The van der Waals surface area contributed by atoms with Crippen LogP contribution in [0, 0.1) is 0 Å². The molecule has 1 heterocycles. The summed E-state index contributed by atoms with van der Waals surface area (Å²) in [5.74, 6) is -2.56. The van der Waals surface area contributed by atoms with Gasteiger partial charge >= 0.3 is 5.97 Å². The molecule has 8 nitrogen and oxygen atoms in total. The smallest absolute Gasteiger partial charge is 0.328 e. The van der Waals surface area contributed by atoms with Gasteiger partial charge in [-0.2, -0.15) is 0 Å². The minimum Gasteiger partial charge on any atom is -0.511 e. The number of benzene rings is 2. The molecular formula is C27H26N2O6. The second kappa shape index (κ2) is 10.0. The highest BCUT2D eigenvalue weighted by atomic mass is 16.4. The van der Waals surface area contributed by atoms with Crippen molar-refractivity contribution in [2.75, 3.05) is 6.54 Å². The lowest BCUT2D eigenvalue weighted by atomic mass is 9.78. The molecule has 1 aliphatic heterocycles. The standard InChI is InChI=1S/C27H26N2O6/c1-16(27(34)35)28-21-14-18(17-8-3-2-4-9-17)15-23(31)24(21)22(30)12-7-13-29-25(32)19-10-5-6-11-20(19)26(29)33/h2-6,8-11,16,18,30H,7,12-15H2,1H3,(H,34,35). The number of aliphatic imine (C=N–C) groups is 1. The van der Waals surface area contributed by atoms with E-state index in [1.807, 2.05) is 30.3 Å². The molecule has 35 heavy (non-hydrogen) atoms. The van der Waals surface area contributed by atoms with Gasteiger partial charge in [0.2, 0.25) is 0 Å². The van der Waals surface area contributed by atoms with Crippen molar-refractivity contribution in [3.05, 3.63) is 82.6 Å². The molecule has 1 fully saturated rings. The zero-order valence-electron chi connectivity index (χ0n) is 19.3. The predicted molar refractivity (Wildman–Crippen MR) is 129 cm³/mol. The maximum atomic E-state index is 13.1. The molecule has 2 unspecified atom stereocenters. The van der Waals surface area contributed by atoms with Crippen LogP contribution >= 0.6 is 0 Å². The van der Waals surface area contributed by atoms with Crippen LogP contribution in [0.4, 0.5) is 0 Å². The maximum Gasteiger partial charge on any atom is 0.328 e. The first-order valence-electron chi connectivity index (χ1n) is 11.5. The molecule has 0 bridgehead atoms. The van der Waals surface area contributed by atoms with Gasteiger partial charge in [0.05, 0.1) is 22.4 Å². The van der Waals surface area contributed by atoms with Crippen molar-refractivity contribution in [1.82, 2.24) is 4.90 Å². The zero-order chi connectivity index (χ0) is 25.1. The van der Waals surface area contributed by atoms with Crippen molar-refractivity contribution in [2.45, 2.75) is 44.6 Å². The van der Waals surface area contributed by atoms with Crippen LogP contribution in [0.25, 0.3) is 0 Å². The van der Waals surface area contributed by atoms with Crippen molar-refractivity contribution in [1.29, 1.82) is 0 Å². The highest BCUT2D eigenvalue weighted by molar-refractivity contribution is 6.25. The number of fused-ring (bicyclic) bond motifs is 1. The average molecular weight is 475 g/mol. The number of carbonyl (C=O) groups excluding carboxylic acids is 3. The fraction of sp³-hybridized carbons (Fsp3) is 0.296. The normalized spacial score (nSPS) is 21.3. The molecule has 8 heteroatoms. The van der Waals surface area contributed by atoms with Gasteiger partial charge in [-0.05, 0) is 43.4 Å². The summed E-state index contributed by atoms with van der Waals surface area (Å²) in [7, 11) is 0. The molecule has 1 aliphatic carbocycles. The van der Waals surface area contributed by atoms with Crippen LogP contribution in [0.2, 0.25) is 0 Å². The van der Waals surface area contributed by atoms with E-state index in [0.717, 1.165) is 10.5 Å². The summed E-state index contributed by atoms with van der Waals surface area (Å²) in [5, 5.41) is 20.2. The molecule has 2 N–H and O–H groups in total. The van der Waals surface area contributed by atoms with Gasteiger partial charge in [-0.1, -0.05) is 42.5 Å². The molecule has 0 radical (unpaired) electrons. The fourth-order valence-electron chi connectivity index (χ4n) is 4.56. The molecule has 0 aromatic heterocycles.